The molecule has 63 heavy (non-hydrogen) atoms. The largest absolute Gasteiger partial charge is 0.431 e. The van der Waals surface area contributed by atoms with Crippen LogP contribution in [-0.2, 0) is 19.0 Å². The highest BCUT2D eigenvalue weighted by atomic mass is 19.4. The van der Waals surface area contributed by atoms with Gasteiger partial charge in [0.1, 0.15) is 18.8 Å². The molecule has 4 N–H and O–H groups in total. The maximum atomic E-state index is 13.6. The van der Waals surface area contributed by atoms with Gasteiger partial charge in [-0.25, -0.2) is 9.59 Å². The highest BCUT2D eigenvalue weighted by Crippen LogP contribution is 2.50. The van der Waals surface area contributed by atoms with E-state index in [1.807, 2.05) is 4.90 Å². The molecule has 4 amide bonds. The van der Waals surface area contributed by atoms with Crippen molar-refractivity contribution in [2.75, 3.05) is 53.4 Å². The van der Waals surface area contributed by atoms with Crippen LogP contribution in [-0.4, -0.2) is 132 Å². The van der Waals surface area contributed by atoms with E-state index in [1.54, 1.807) is 32.2 Å². The highest BCUT2D eigenvalue weighted by Gasteiger charge is 2.46. The highest BCUT2D eigenvalue weighted by molar-refractivity contribution is 5.91. The summed E-state index contributed by atoms with van der Waals surface area (Å²) < 4.78 is 118. The number of likely N-dealkylation sites (tertiary alicyclic amines) is 2. The Balaban J connectivity index is 0.000000173. The van der Waals surface area contributed by atoms with E-state index in [2.05, 4.69) is 50.7 Å². The maximum absolute atomic E-state index is 13.6. The van der Waals surface area contributed by atoms with Crippen LogP contribution in [0.3, 0.4) is 0 Å². The SMILES string of the molecule is CCN(CC(F)(F)F)C(=O)NC1CC2c3cccc4[nH]c(C(F)(F)F)c(c34)CC2N(C)C1.CCN(CC(F)(F)F)C(=O)NC1CC2c3cccc4[nH]c(C5CC5)c(c34)CC2N(C)C1. The van der Waals surface area contributed by atoms with Gasteiger partial charge in [-0.15, -0.1) is 0 Å². The van der Waals surface area contributed by atoms with Gasteiger partial charge in [-0.3, -0.25) is 0 Å². The lowest BCUT2D eigenvalue weighted by Crippen LogP contribution is -2.57. The summed E-state index contributed by atoms with van der Waals surface area (Å²) in [6.45, 7) is 1.40. The molecule has 0 radical (unpaired) electrons. The number of carbonyl (C=O) groups excluding carboxylic acids is 2. The lowest BCUT2D eigenvalue weighted by Gasteiger charge is -2.46. The molecule has 0 bridgehead atoms. The first-order chi connectivity index (χ1) is 29.6. The van der Waals surface area contributed by atoms with Crippen LogP contribution in [0.15, 0.2) is 36.4 Å². The summed E-state index contributed by atoms with van der Waals surface area (Å²) in [6.07, 6.45) is -8.51. The predicted molar refractivity (Wildman–Crippen MR) is 220 cm³/mol. The van der Waals surface area contributed by atoms with Crippen molar-refractivity contribution in [1.82, 2.24) is 40.2 Å². The molecule has 5 aliphatic rings. The third kappa shape index (κ3) is 9.18. The zero-order valence-electron chi connectivity index (χ0n) is 35.5. The monoisotopic (exact) mass is 896 g/mol. The van der Waals surface area contributed by atoms with Crippen molar-refractivity contribution in [2.24, 2.45) is 0 Å². The molecule has 6 atom stereocenters. The van der Waals surface area contributed by atoms with Gasteiger partial charge in [0.15, 0.2) is 0 Å². The van der Waals surface area contributed by atoms with Crippen LogP contribution in [0, 0.1) is 0 Å². The zero-order chi connectivity index (χ0) is 45.3. The van der Waals surface area contributed by atoms with E-state index in [1.165, 1.54) is 47.5 Å². The summed E-state index contributed by atoms with van der Waals surface area (Å²) in [7, 11) is 3.84. The summed E-state index contributed by atoms with van der Waals surface area (Å²) in [5, 5.41) is 7.48. The number of halogens is 9. The van der Waals surface area contributed by atoms with E-state index in [0.29, 0.717) is 47.3 Å². The van der Waals surface area contributed by atoms with Crippen LogP contribution in [0.5, 0.6) is 0 Å². The number of alkyl halides is 9. The molecular formula is C44H53F9N8O2. The van der Waals surface area contributed by atoms with Gasteiger partial charge in [-0.2, -0.15) is 39.5 Å². The first-order valence-corrected chi connectivity index (χ1v) is 21.6. The molecule has 2 aliphatic heterocycles. The zero-order valence-corrected chi connectivity index (χ0v) is 35.5. The first-order valence-electron chi connectivity index (χ1n) is 21.6. The van der Waals surface area contributed by atoms with Gasteiger partial charge in [0.2, 0.25) is 0 Å². The van der Waals surface area contributed by atoms with E-state index in [0.717, 1.165) is 23.3 Å². The van der Waals surface area contributed by atoms with Crippen molar-refractivity contribution in [3.63, 3.8) is 0 Å². The van der Waals surface area contributed by atoms with Crippen molar-refractivity contribution in [3.8, 4) is 0 Å². The minimum atomic E-state index is -4.50. The van der Waals surface area contributed by atoms with E-state index in [4.69, 9.17) is 0 Å². The second-order valence-corrected chi connectivity index (χ2v) is 18.0. The number of urea groups is 2. The van der Waals surface area contributed by atoms with E-state index < -0.39 is 55.4 Å². The van der Waals surface area contributed by atoms with E-state index in [9.17, 15) is 49.1 Å². The van der Waals surface area contributed by atoms with Crippen molar-refractivity contribution in [2.45, 2.75) is 113 Å². The number of rotatable bonds is 7. The number of fused-ring (bicyclic) bond motifs is 4. The third-order valence-electron chi connectivity index (χ3n) is 13.7. The van der Waals surface area contributed by atoms with Gasteiger partial charge in [-0.1, -0.05) is 24.3 Å². The molecule has 3 fully saturated rings. The molecule has 9 rings (SSSR count). The van der Waals surface area contributed by atoms with Gasteiger partial charge in [0, 0.05) is 89.7 Å². The summed E-state index contributed by atoms with van der Waals surface area (Å²) >= 11 is 0. The van der Waals surface area contributed by atoms with Crippen LogP contribution in [0.4, 0.5) is 49.1 Å². The lowest BCUT2D eigenvalue weighted by atomic mass is 9.73. The maximum Gasteiger partial charge on any atom is 0.431 e. The Morgan fingerprint density at radius 2 is 1.13 bits per heavy atom. The standard InChI is InChI=1S/C23H29F3N4O.C21H24F6N4O/c1-3-30(12-23(24,25)26)22(31)27-14-9-16-15-5-4-6-18-20(15)17(10-19(16)29(2)11-14)21(28-18)13-7-8-13;1-3-31(10-20(22,23)24)19(32)28-11-7-13-12-5-4-6-15-17(12)14(8-16(13)30(2)9-11)18(29-15)21(25,26)27/h4-6,13-14,16,19,28H,3,7-12H2,1-2H3,(H,27,31);4-6,11,13,16,29H,3,7-10H2,1-2H3,(H,28,32). The number of hydrogen-bond acceptors (Lipinski definition) is 4. The molecule has 0 spiro atoms. The molecule has 4 aromatic rings. The normalized spacial score (nSPS) is 24.9. The Morgan fingerprint density at radius 1 is 0.683 bits per heavy atom. The minimum Gasteiger partial charge on any atom is -0.358 e. The molecule has 1 saturated carbocycles. The number of piperidine rings is 2. The first kappa shape index (κ1) is 44.9. The Hall–Kier alpha value is -4.65. The third-order valence-corrected chi connectivity index (χ3v) is 13.7. The molecule has 3 aliphatic carbocycles. The van der Waals surface area contributed by atoms with E-state index in [-0.39, 0.29) is 49.0 Å². The number of aromatic amines is 2. The molecule has 2 aromatic carbocycles. The Kier molecular flexibility index (Phi) is 11.9. The Bertz CT molecular complexity index is 2330. The second-order valence-electron chi connectivity index (χ2n) is 18.0. The molecule has 2 aromatic heterocycles. The van der Waals surface area contributed by atoms with Gasteiger partial charge in [0.05, 0.1) is 0 Å². The number of carbonyl (C=O) groups is 2. The fraction of sp³-hybridized carbons (Fsp3) is 0.591. The van der Waals surface area contributed by atoms with Crippen LogP contribution in [0.25, 0.3) is 21.8 Å². The topological polar surface area (TPSA) is 103 Å². The smallest absolute Gasteiger partial charge is 0.358 e. The summed E-state index contributed by atoms with van der Waals surface area (Å²) in [6, 6.07) is 9.63. The Morgan fingerprint density at radius 3 is 1.56 bits per heavy atom. The van der Waals surface area contributed by atoms with E-state index >= 15 is 0 Å². The molecule has 2 saturated heterocycles. The van der Waals surface area contributed by atoms with Crippen molar-refractivity contribution < 1.29 is 49.1 Å². The number of likely N-dealkylation sites (N-methyl/N-ethyl adjacent to an activating group) is 2. The molecule has 4 heterocycles. The average Bonchev–Trinajstić information content (AvgIpc) is 3.87. The number of hydrogen-bond donors (Lipinski definition) is 4. The summed E-state index contributed by atoms with van der Waals surface area (Å²) in [5.74, 6) is 0.756. The van der Waals surface area contributed by atoms with Crippen molar-refractivity contribution in [3.05, 3.63) is 70.0 Å². The van der Waals surface area contributed by atoms with Crippen LogP contribution in [0.1, 0.15) is 90.9 Å². The fourth-order valence-corrected chi connectivity index (χ4v) is 10.9. The van der Waals surface area contributed by atoms with Crippen LogP contribution in [0.2, 0.25) is 0 Å². The second kappa shape index (κ2) is 16.7. The van der Waals surface area contributed by atoms with Gasteiger partial charge >= 0.3 is 30.6 Å². The quantitative estimate of drug-likeness (QED) is 0.139. The Labute approximate surface area is 358 Å². The lowest BCUT2D eigenvalue weighted by molar-refractivity contribution is -0.141. The van der Waals surface area contributed by atoms with Crippen molar-refractivity contribution >= 4 is 33.9 Å². The molecule has 344 valence electrons. The number of nitrogens with zero attached hydrogens (tertiary/aromatic N) is 4. The van der Waals surface area contributed by atoms with Gasteiger partial charge < -0.3 is 40.2 Å². The molecule has 19 heteroatoms. The average molecular weight is 897 g/mol. The number of nitrogens with one attached hydrogen (secondary N) is 4. The minimum absolute atomic E-state index is 0.0237. The van der Waals surface area contributed by atoms with Gasteiger partial charge in [-0.05, 0) is 107 Å². The van der Waals surface area contributed by atoms with Crippen LogP contribution < -0.4 is 10.6 Å². The van der Waals surface area contributed by atoms with Crippen molar-refractivity contribution in [1.29, 1.82) is 0 Å². The predicted octanol–water partition coefficient (Wildman–Crippen LogP) is 8.84. The molecule has 10 nitrogen and oxygen atoms in total. The van der Waals surface area contributed by atoms with Crippen LogP contribution >= 0.6 is 0 Å². The molecule has 6 unspecified atom stereocenters. The fourth-order valence-electron chi connectivity index (χ4n) is 10.9. The number of H-pyrrole nitrogens is 2. The summed E-state index contributed by atoms with van der Waals surface area (Å²) in [5.41, 5.74) is 6.05. The number of aromatic nitrogens is 2. The van der Waals surface area contributed by atoms with Gasteiger partial charge in [0.25, 0.3) is 0 Å². The molecular weight excluding hydrogens is 844 g/mol. The summed E-state index contributed by atoms with van der Waals surface area (Å²) in [4.78, 5) is 36.9. The number of benzene rings is 2. The number of amides is 4.